The molecule has 1 aliphatic heterocycles. The van der Waals surface area contributed by atoms with Gasteiger partial charge in [-0.3, -0.25) is 4.79 Å². The Hall–Kier alpha value is -1.85. The largest absolute Gasteiger partial charge is 0.443 e. The summed E-state index contributed by atoms with van der Waals surface area (Å²) in [4.78, 5) is 19.2. The molecule has 2 aromatic rings. The standard InChI is InChI=1S/C20H25ClN2O3/c1-20(2,25-3)19(24)23-10-5-4-9-17(23)18-22-13-16(26-18)12-14-7-6-8-15(21)11-14/h6-8,11,13,17H,4-5,9-10,12H2,1-3H3/t17-/m1/s1. The van der Waals surface area contributed by atoms with Crippen LogP contribution in [0.3, 0.4) is 0 Å². The summed E-state index contributed by atoms with van der Waals surface area (Å²) >= 11 is 6.05. The van der Waals surface area contributed by atoms with Crippen molar-refractivity contribution in [1.29, 1.82) is 0 Å². The monoisotopic (exact) mass is 376 g/mol. The molecule has 1 aliphatic rings. The number of hydrogen-bond donors (Lipinski definition) is 0. The summed E-state index contributed by atoms with van der Waals surface area (Å²) in [6.07, 6.45) is 5.25. The van der Waals surface area contributed by atoms with Crippen LogP contribution in [0.25, 0.3) is 0 Å². The Morgan fingerprint density at radius 3 is 2.96 bits per heavy atom. The number of halogens is 1. The maximum Gasteiger partial charge on any atom is 0.254 e. The number of nitrogens with zero attached hydrogens (tertiary/aromatic N) is 2. The zero-order valence-corrected chi connectivity index (χ0v) is 16.3. The van der Waals surface area contributed by atoms with E-state index in [9.17, 15) is 4.79 Å². The van der Waals surface area contributed by atoms with E-state index in [1.807, 2.05) is 29.2 Å². The maximum atomic E-state index is 12.9. The van der Waals surface area contributed by atoms with Gasteiger partial charge in [-0.2, -0.15) is 0 Å². The number of piperidine rings is 1. The Kier molecular flexibility index (Phi) is 5.68. The predicted molar refractivity (Wildman–Crippen MR) is 100 cm³/mol. The van der Waals surface area contributed by atoms with Gasteiger partial charge in [-0.05, 0) is 50.8 Å². The van der Waals surface area contributed by atoms with Crippen molar-refractivity contribution < 1.29 is 13.9 Å². The van der Waals surface area contributed by atoms with Crippen molar-refractivity contribution in [2.24, 2.45) is 0 Å². The van der Waals surface area contributed by atoms with Crippen LogP contribution in [0.4, 0.5) is 0 Å². The molecular weight excluding hydrogens is 352 g/mol. The van der Waals surface area contributed by atoms with Crippen molar-refractivity contribution >= 4 is 17.5 Å². The molecule has 0 spiro atoms. The van der Waals surface area contributed by atoms with Crippen LogP contribution in [-0.4, -0.2) is 35.0 Å². The fourth-order valence-corrected chi connectivity index (χ4v) is 3.48. The Morgan fingerprint density at radius 1 is 1.42 bits per heavy atom. The number of oxazole rings is 1. The molecule has 3 rings (SSSR count). The van der Waals surface area contributed by atoms with Gasteiger partial charge in [-0.25, -0.2) is 4.98 Å². The number of rotatable bonds is 5. The molecule has 0 bridgehead atoms. The summed E-state index contributed by atoms with van der Waals surface area (Å²) in [7, 11) is 1.56. The minimum atomic E-state index is -0.855. The molecule has 140 valence electrons. The van der Waals surface area contributed by atoms with Gasteiger partial charge in [-0.1, -0.05) is 23.7 Å². The van der Waals surface area contributed by atoms with Crippen molar-refractivity contribution in [2.75, 3.05) is 13.7 Å². The van der Waals surface area contributed by atoms with E-state index in [1.165, 1.54) is 0 Å². The lowest BCUT2D eigenvalue weighted by Crippen LogP contribution is -2.49. The molecule has 2 heterocycles. The van der Waals surface area contributed by atoms with Gasteiger partial charge in [0.1, 0.15) is 17.4 Å². The second-order valence-corrected chi connectivity index (χ2v) is 7.63. The first-order valence-electron chi connectivity index (χ1n) is 8.96. The first-order valence-corrected chi connectivity index (χ1v) is 9.34. The van der Waals surface area contributed by atoms with E-state index in [0.29, 0.717) is 23.9 Å². The molecular formula is C20H25ClN2O3. The van der Waals surface area contributed by atoms with Crippen molar-refractivity contribution in [1.82, 2.24) is 9.88 Å². The minimum absolute atomic E-state index is 0.0284. The van der Waals surface area contributed by atoms with Crippen LogP contribution < -0.4 is 0 Å². The van der Waals surface area contributed by atoms with Crippen LogP contribution in [0.1, 0.15) is 56.4 Å². The number of carbonyl (C=O) groups is 1. The van der Waals surface area contributed by atoms with Gasteiger partial charge in [0.25, 0.3) is 5.91 Å². The quantitative estimate of drug-likeness (QED) is 0.776. The van der Waals surface area contributed by atoms with E-state index < -0.39 is 5.60 Å². The summed E-state index contributed by atoms with van der Waals surface area (Å²) in [5.74, 6) is 1.34. The van der Waals surface area contributed by atoms with Gasteiger partial charge in [0.2, 0.25) is 5.89 Å². The number of benzene rings is 1. The lowest BCUT2D eigenvalue weighted by atomic mass is 9.98. The molecule has 1 aromatic heterocycles. The third-order valence-corrected chi connectivity index (χ3v) is 5.15. The highest BCUT2D eigenvalue weighted by atomic mass is 35.5. The number of hydrogen-bond acceptors (Lipinski definition) is 4. The van der Waals surface area contributed by atoms with Crippen LogP contribution in [0.15, 0.2) is 34.9 Å². The number of amides is 1. The molecule has 5 nitrogen and oxygen atoms in total. The van der Waals surface area contributed by atoms with Crippen LogP contribution in [-0.2, 0) is 16.0 Å². The van der Waals surface area contributed by atoms with E-state index in [4.69, 9.17) is 20.8 Å². The molecule has 0 saturated carbocycles. The van der Waals surface area contributed by atoms with Gasteiger partial charge in [0.05, 0.1) is 6.20 Å². The van der Waals surface area contributed by atoms with Crippen LogP contribution in [0.2, 0.25) is 5.02 Å². The van der Waals surface area contributed by atoms with E-state index in [1.54, 1.807) is 27.2 Å². The van der Waals surface area contributed by atoms with Crippen molar-refractivity contribution in [3.8, 4) is 0 Å². The lowest BCUT2D eigenvalue weighted by molar-refractivity contribution is -0.155. The van der Waals surface area contributed by atoms with Gasteiger partial charge >= 0.3 is 0 Å². The fourth-order valence-electron chi connectivity index (χ4n) is 3.27. The smallest absolute Gasteiger partial charge is 0.254 e. The Bertz CT molecular complexity index is 772. The molecule has 0 radical (unpaired) electrons. The minimum Gasteiger partial charge on any atom is -0.443 e. The molecule has 1 saturated heterocycles. The summed E-state index contributed by atoms with van der Waals surface area (Å²) in [5.41, 5.74) is 0.212. The molecule has 1 atom stereocenters. The van der Waals surface area contributed by atoms with E-state index in [0.717, 1.165) is 30.6 Å². The topological polar surface area (TPSA) is 55.6 Å². The molecule has 1 amide bonds. The third-order valence-electron chi connectivity index (χ3n) is 4.91. The van der Waals surface area contributed by atoms with E-state index >= 15 is 0 Å². The maximum absolute atomic E-state index is 12.9. The summed E-state index contributed by atoms with van der Waals surface area (Å²) in [6, 6.07) is 7.55. The average Bonchev–Trinajstić information content (AvgIpc) is 3.09. The molecule has 6 heteroatoms. The molecule has 0 unspecified atom stereocenters. The van der Waals surface area contributed by atoms with Crippen LogP contribution in [0, 0.1) is 0 Å². The second kappa shape index (κ2) is 7.80. The predicted octanol–water partition coefficient (Wildman–Crippen LogP) is 4.40. The van der Waals surface area contributed by atoms with Crippen molar-refractivity contribution in [3.05, 3.63) is 52.7 Å². The summed E-state index contributed by atoms with van der Waals surface area (Å²) in [6.45, 7) is 4.28. The normalized spacial score (nSPS) is 18.2. The van der Waals surface area contributed by atoms with E-state index in [-0.39, 0.29) is 11.9 Å². The van der Waals surface area contributed by atoms with Gasteiger partial charge < -0.3 is 14.1 Å². The number of aromatic nitrogens is 1. The SMILES string of the molecule is COC(C)(C)C(=O)N1CCCC[C@@H]1c1ncc(Cc2cccc(Cl)c2)o1. The highest BCUT2D eigenvalue weighted by molar-refractivity contribution is 6.30. The summed E-state index contributed by atoms with van der Waals surface area (Å²) < 4.78 is 11.4. The molecule has 1 aromatic carbocycles. The van der Waals surface area contributed by atoms with Gasteiger partial charge in [0, 0.05) is 25.1 Å². The Labute approximate surface area is 159 Å². The zero-order valence-electron chi connectivity index (χ0n) is 15.5. The first kappa shape index (κ1) is 18.9. The highest BCUT2D eigenvalue weighted by Gasteiger charge is 2.38. The summed E-state index contributed by atoms with van der Waals surface area (Å²) in [5, 5.41) is 0.702. The number of methoxy groups -OCH3 is 1. The Balaban J connectivity index is 1.78. The molecule has 1 fully saturated rings. The van der Waals surface area contributed by atoms with E-state index in [2.05, 4.69) is 4.98 Å². The molecule has 0 N–H and O–H groups in total. The van der Waals surface area contributed by atoms with Crippen LogP contribution in [0.5, 0.6) is 0 Å². The molecule has 0 aliphatic carbocycles. The van der Waals surface area contributed by atoms with Gasteiger partial charge in [-0.15, -0.1) is 0 Å². The number of likely N-dealkylation sites (tertiary alicyclic amines) is 1. The first-order chi connectivity index (χ1) is 12.4. The lowest BCUT2D eigenvalue weighted by Gasteiger charge is -2.38. The van der Waals surface area contributed by atoms with Crippen LogP contribution >= 0.6 is 11.6 Å². The Morgan fingerprint density at radius 2 is 2.23 bits per heavy atom. The highest BCUT2D eigenvalue weighted by Crippen LogP contribution is 2.33. The van der Waals surface area contributed by atoms with Crippen molar-refractivity contribution in [2.45, 2.75) is 51.2 Å². The number of ether oxygens (including phenoxy) is 1. The third kappa shape index (κ3) is 4.10. The zero-order chi connectivity index (χ0) is 18.7. The fraction of sp³-hybridized carbons (Fsp3) is 0.500. The average molecular weight is 377 g/mol. The number of carbonyl (C=O) groups excluding carboxylic acids is 1. The second-order valence-electron chi connectivity index (χ2n) is 7.20. The van der Waals surface area contributed by atoms with Crippen molar-refractivity contribution in [3.63, 3.8) is 0 Å². The molecule has 26 heavy (non-hydrogen) atoms. The van der Waals surface area contributed by atoms with Gasteiger partial charge in [0.15, 0.2) is 0 Å².